The molecule has 1 heterocycles. The van der Waals surface area contributed by atoms with Crippen LogP contribution in [-0.2, 0) is 11.3 Å². The molecule has 6 nitrogen and oxygen atoms in total. The maximum Gasteiger partial charge on any atom is 0.259 e. The molecular formula is C24H33N4O2+. The summed E-state index contributed by atoms with van der Waals surface area (Å²) in [5.74, 6) is 0.123. The summed E-state index contributed by atoms with van der Waals surface area (Å²) in [6.07, 6.45) is 3.80. The molecule has 0 bridgehead atoms. The molecule has 1 fully saturated rings. The lowest BCUT2D eigenvalue weighted by Gasteiger charge is -2.24. The number of aryl methyl sites for hydroxylation is 2. The molecule has 0 aromatic heterocycles. The number of phenols is 1. The number of benzene rings is 2. The number of hydrogen-bond donors (Lipinski definition) is 4. The van der Waals surface area contributed by atoms with Gasteiger partial charge in [-0.1, -0.05) is 17.7 Å². The summed E-state index contributed by atoms with van der Waals surface area (Å²) in [5.41, 5.74) is 8.41. The summed E-state index contributed by atoms with van der Waals surface area (Å²) >= 11 is 0. The van der Waals surface area contributed by atoms with Crippen LogP contribution in [-0.4, -0.2) is 36.4 Å². The van der Waals surface area contributed by atoms with E-state index in [0.717, 1.165) is 42.0 Å². The molecule has 0 aliphatic carbocycles. The molecule has 160 valence electrons. The Labute approximate surface area is 179 Å². The average molecular weight is 410 g/mol. The molecule has 2 aromatic carbocycles. The van der Waals surface area contributed by atoms with Crippen molar-refractivity contribution in [2.45, 2.75) is 46.6 Å². The van der Waals surface area contributed by atoms with E-state index < -0.39 is 0 Å². The van der Waals surface area contributed by atoms with E-state index in [1.54, 1.807) is 6.07 Å². The van der Waals surface area contributed by atoms with Gasteiger partial charge in [-0.2, -0.15) is 5.10 Å². The number of hydrogen-bond acceptors (Lipinski definition) is 4. The average Bonchev–Trinajstić information content (AvgIpc) is 2.73. The molecule has 0 atom stereocenters. The van der Waals surface area contributed by atoms with Gasteiger partial charge in [0.15, 0.2) is 0 Å². The van der Waals surface area contributed by atoms with Crippen LogP contribution in [0.15, 0.2) is 41.5 Å². The third kappa shape index (κ3) is 6.07. The smallest absolute Gasteiger partial charge is 0.259 e. The van der Waals surface area contributed by atoms with Crippen LogP contribution < -0.4 is 15.6 Å². The molecule has 1 amide bonds. The topological polar surface area (TPSA) is 78.2 Å². The molecule has 1 saturated heterocycles. The highest BCUT2D eigenvalue weighted by Gasteiger charge is 2.16. The van der Waals surface area contributed by atoms with Crippen molar-refractivity contribution in [3.8, 4) is 5.75 Å². The minimum absolute atomic E-state index is 0.153. The van der Waals surface area contributed by atoms with Crippen molar-refractivity contribution in [3.63, 3.8) is 0 Å². The van der Waals surface area contributed by atoms with Gasteiger partial charge in [-0.3, -0.25) is 4.79 Å². The van der Waals surface area contributed by atoms with Crippen LogP contribution in [0.4, 0.5) is 5.69 Å². The standard InChI is InChI=1S/C24H32N4O2/c1-17-7-9-22(18(2)13-17)25-15-24(30)27-26-19(3)20-8-10-23(29)21(14-20)16-28-11-5-4-6-12-28/h7-10,13-14,25,29H,4-6,11-12,15-16H2,1-3H3,(H,27,30)/p+1/b26-19+. The van der Waals surface area contributed by atoms with Crippen molar-refractivity contribution in [2.24, 2.45) is 5.10 Å². The Morgan fingerprint density at radius 1 is 1.10 bits per heavy atom. The van der Waals surface area contributed by atoms with Crippen LogP contribution in [0.2, 0.25) is 0 Å². The van der Waals surface area contributed by atoms with E-state index in [2.05, 4.69) is 21.9 Å². The molecule has 3 rings (SSSR count). The van der Waals surface area contributed by atoms with Crippen LogP contribution in [0.25, 0.3) is 0 Å². The molecule has 0 spiro atoms. The first-order valence-electron chi connectivity index (χ1n) is 10.7. The largest absolute Gasteiger partial charge is 0.507 e. The van der Waals surface area contributed by atoms with Gasteiger partial charge in [-0.05, 0) is 75.4 Å². The van der Waals surface area contributed by atoms with E-state index >= 15 is 0 Å². The first-order chi connectivity index (χ1) is 14.4. The van der Waals surface area contributed by atoms with Gasteiger partial charge in [0.05, 0.1) is 25.3 Å². The van der Waals surface area contributed by atoms with Crippen LogP contribution >= 0.6 is 0 Å². The fourth-order valence-electron chi connectivity index (χ4n) is 3.89. The third-order valence-electron chi connectivity index (χ3n) is 5.67. The summed E-state index contributed by atoms with van der Waals surface area (Å²) < 4.78 is 0. The van der Waals surface area contributed by atoms with E-state index in [9.17, 15) is 9.90 Å². The summed E-state index contributed by atoms with van der Waals surface area (Å²) in [6, 6.07) is 11.6. The maximum absolute atomic E-state index is 12.2. The van der Waals surface area contributed by atoms with E-state index in [1.807, 2.05) is 45.0 Å². The number of phenolic OH excluding ortho intramolecular Hbond substituents is 1. The fourth-order valence-corrected chi connectivity index (χ4v) is 3.89. The summed E-state index contributed by atoms with van der Waals surface area (Å²) in [5, 5.41) is 17.6. The summed E-state index contributed by atoms with van der Waals surface area (Å²) in [6.45, 7) is 9.20. The fraction of sp³-hybridized carbons (Fsp3) is 0.417. The van der Waals surface area contributed by atoms with Gasteiger partial charge < -0.3 is 15.3 Å². The number of hydrazone groups is 1. The number of rotatable bonds is 7. The zero-order valence-electron chi connectivity index (χ0n) is 18.2. The summed E-state index contributed by atoms with van der Waals surface area (Å²) in [7, 11) is 0. The Bertz CT molecular complexity index is 917. The van der Waals surface area contributed by atoms with Crippen LogP contribution in [0, 0.1) is 13.8 Å². The monoisotopic (exact) mass is 409 g/mol. The predicted molar refractivity (Wildman–Crippen MR) is 121 cm³/mol. The quantitative estimate of drug-likeness (QED) is 0.419. The second-order valence-electron chi connectivity index (χ2n) is 8.24. The van der Waals surface area contributed by atoms with Gasteiger partial charge in [0, 0.05) is 11.3 Å². The highest BCUT2D eigenvalue weighted by molar-refractivity contribution is 5.99. The third-order valence-corrected chi connectivity index (χ3v) is 5.67. The highest BCUT2D eigenvalue weighted by Crippen LogP contribution is 2.19. The van der Waals surface area contributed by atoms with Gasteiger partial charge in [-0.25, -0.2) is 5.43 Å². The predicted octanol–water partition coefficient (Wildman–Crippen LogP) is 2.53. The Morgan fingerprint density at radius 3 is 2.60 bits per heavy atom. The number of nitrogens with zero attached hydrogens (tertiary/aromatic N) is 1. The second-order valence-corrected chi connectivity index (χ2v) is 8.24. The number of nitrogens with one attached hydrogen (secondary N) is 3. The van der Waals surface area contributed by atoms with Crippen LogP contribution in [0.1, 0.15) is 48.4 Å². The Kier molecular flexibility index (Phi) is 7.46. The zero-order chi connectivity index (χ0) is 21.5. The lowest BCUT2D eigenvalue weighted by molar-refractivity contribution is -0.918. The lowest BCUT2D eigenvalue weighted by Crippen LogP contribution is -3.11. The van der Waals surface area contributed by atoms with Crippen molar-refractivity contribution < 1.29 is 14.8 Å². The molecule has 30 heavy (non-hydrogen) atoms. The van der Waals surface area contributed by atoms with Gasteiger partial charge in [-0.15, -0.1) is 0 Å². The number of quaternary nitrogens is 1. The normalized spacial score (nSPS) is 15.1. The van der Waals surface area contributed by atoms with Gasteiger partial charge in [0.25, 0.3) is 5.91 Å². The van der Waals surface area contributed by atoms with E-state index in [1.165, 1.54) is 29.7 Å². The summed E-state index contributed by atoms with van der Waals surface area (Å²) in [4.78, 5) is 13.7. The number of anilines is 1. The number of piperidine rings is 1. The highest BCUT2D eigenvalue weighted by atomic mass is 16.3. The number of carbonyl (C=O) groups is 1. The van der Waals surface area contributed by atoms with E-state index in [4.69, 9.17) is 0 Å². The molecule has 2 aromatic rings. The zero-order valence-corrected chi connectivity index (χ0v) is 18.2. The minimum Gasteiger partial charge on any atom is -0.507 e. The molecule has 0 saturated carbocycles. The van der Waals surface area contributed by atoms with Crippen LogP contribution in [0.3, 0.4) is 0 Å². The van der Waals surface area contributed by atoms with E-state index in [-0.39, 0.29) is 12.5 Å². The molecular weight excluding hydrogens is 376 g/mol. The Hall–Kier alpha value is -2.86. The molecule has 1 aliphatic heterocycles. The van der Waals surface area contributed by atoms with Crippen molar-refractivity contribution in [2.75, 3.05) is 25.0 Å². The maximum atomic E-state index is 12.2. The molecule has 1 aliphatic rings. The molecule has 6 heteroatoms. The van der Waals surface area contributed by atoms with Gasteiger partial charge in [0.1, 0.15) is 12.3 Å². The number of amides is 1. The Balaban J connectivity index is 1.57. The first-order valence-corrected chi connectivity index (χ1v) is 10.7. The van der Waals surface area contributed by atoms with Crippen LogP contribution in [0.5, 0.6) is 5.75 Å². The second kappa shape index (κ2) is 10.3. The van der Waals surface area contributed by atoms with E-state index in [0.29, 0.717) is 11.5 Å². The lowest BCUT2D eigenvalue weighted by atomic mass is 10.0. The number of carbonyl (C=O) groups excluding carboxylic acids is 1. The van der Waals surface area contributed by atoms with Crippen molar-refractivity contribution in [1.82, 2.24) is 5.43 Å². The Morgan fingerprint density at radius 2 is 1.87 bits per heavy atom. The molecule has 0 unspecified atom stereocenters. The first kappa shape index (κ1) is 21.8. The van der Waals surface area contributed by atoms with Gasteiger partial charge in [0.2, 0.25) is 0 Å². The number of likely N-dealkylation sites (tertiary alicyclic amines) is 1. The van der Waals surface area contributed by atoms with Crippen molar-refractivity contribution in [1.29, 1.82) is 0 Å². The minimum atomic E-state index is -0.203. The van der Waals surface area contributed by atoms with Crippen molar-refractivity contribution >= 4 is 17.3 Å². The number of aromatic hydroxyl groups is 1. The SMILES string of the molecule is C/C(=N\NC(=O)CNc1ccc(C)cc1C)c1ccc(O)c(C[NH+]2CCCCC2)c1. The molecule has 0 radical (unpaired) electrons. The molecule has 4 N–H and O–H groups in total. The van der Waals surface area contributed by atoms with Crippen molar-refractivity contribution in [3.05, 3.63) is 58.7 Å². The van der Waals surface area contributed by atoms with Gasteiger partial charge >= 0.3 is 0 Å².